The smallest absolute Gasteiger partial charge is 0.244 e. The molecule has 0 bridgehead atoms. The van der Waals surface area contributed by atoms with Crippen LogP contribution in [0.3, 0.4) is 0 Å². The quantitative estimate of drug-likeness (QED) is 0.871. The number of nitriles is 1. The molecule has 23 heavy (non-hydrogen) atoms. The fourth-order valence-electron chi connectivity index (χ4n) is 2.63. The molecular weight excluding hydrogens is 292 g/mol. The van der Waals surface area contributed by atoms with Crippen LogP contribution in [-0.4, -0.2) is 42.9 Å². The summed E-state index contributed by atoms with van der Waals surface area (Å²) < 4.78 is 0. The number of likely N-dealkylation sites (N-methyl/N-ethyl adjacent to an activating group) is 1. The molecule has 122 valence electrons. The van der Waals surface area contributed by atoms with E-state index in [1.165, 1.54) is 0 Å². The Morgan fingerprint density at radius 3 is 2.70 bits per heavy atom. The maximum Gasteiger partial charge on any atom is 0.244 e. The lowest BCUT2D eigenvalue weighted by molar-refractivity contribution is -0.130. The first-order valence-corrected chi connectivity index (χ1v) is 7.82. The molecule has 1 unspecified atom stereocenters. The number of nitrogens with zero attached hydrogens (tertiary/aromatic N) is 3. The van der Waals surface area contributed by atoms with Crippen molar-refractivity contribution < 1.29 is 9.59 Å². The van der Waals surface area contributed by atoms with Crippen LogP contribution in [0.5, 0.6) is 0 Å². The second kappa shape index (κ2) is 7.63. The van der Waals surface area contributed by atoms with Crippen LogP contribution < -0.4 is 10.2 Å². The summed E-state index contributed by atoms with van der Waals surface area (Å²) in [5, 5.41) is 11.7. The Bertz CT molecular complexity index is 606. The number of amides is 2. The first kappa shape index (κ1) is 16.8. The third kappa shape index (κ3) is 4.22. The average molecular weight is 314 g/mol. The van der Waals surface area contributed by atoms with Crippen LogP contribution >= 0.6 is 0 Å². The molecule has 1 aliphatic heterocycles. The molecule has 1 atom stereocenters. The SMILES string of the molecule is CC(Nc1ccc(N2CCCC2=O)cc1)C(=O)N(C)CCC#N. The van der Waals surface area contributed by atoms with Crippen molar-refractivity contribution in [3.63, 3.8) is 0 Å². The van der Waals surface area contributed by atoms with Crippen molar-refractivity contribution in [2.45, 2.75) is 32.2 Å². The van der Waals surface area contributed by atoms with E-state index in [1.807, 2.05) is 30.3 Å². The minimum absolute atomic E-state index is 0.0564. The summed E-state index contributed by atoms with van der Waals surface area (Å²) in [5.74, 6) is 0.104. The molecular formula is C17H22N4O2. The van der Waals surface area contributed by atoms with Crippen LogP contribution in [0.15, 0.2) is 24.3 Å². The van der Waals surface area contributed by atoms with E-state index in [0.717, 1.165) is 24.3 Å². The van der Waals surface area contributed by atoms with E-state index in [9.17, 15) is 9.59 Å². The van der Waals surface area contributed by atoms with Gasteiger partial charge in [-0.25, -0.2) is 0 Å². The third-order valence-electron chi connectivity index (χ3n) is 3.94. The van der Waals surface area contributed by atoms with Crippen LogP contribution in [0.4, 0.5) is 11.4 Å². The highest BCUT2D eigenvalue weighted by atomic mass is 16.2. The Morgan fingerprint density at radius 2 is 2.13 bits per heavy atom. The molecule has 0 aromatic heterocycles. The van der Waals surface area contributed by atoms with Crippen molar-refractivity contribution in [3.8, 4) is 6.07 Å². The van der Waals surface area contributed by atoms with Gasteiger partial charge in [-0.1, -0.05) is 0 Å². The van der Waals surface area contributed by atoms with E-state index in [2.05, 4.69) is 5.32 Å². The van der Waals surface area contributed by atoms with E-state index in [1.54, 1.807) is 23.8 Å². The van der Waals surface area contributed by atoms with Crippen molar-refractivity contribution in [1.82, 2.24) is 4.90 Å². The van der Waals surface area contributed by atoms with E-state index < -0.39 is 0 Å². The Hall–Kier alpha value is -2.55. The van der Waals surface area contributed by atoms with Crippen LogP contribution in [0.25, 0.3) is 0 Å². The van der Waals surface area contributed by atoms with Gasteiger partial charge in [0.1, 0.15) is 6.04 Å². The average Bonchev–Trinajstić information content (AvgIpc) is 2.98. The molecule has 0 radical (unpaired) electrons. The molecule has 1 fully saturated rings. The highest BCUT2D eigenvalue weighted by Gasteiger charge is 2.22. The maximum absolute atomic E-state index is 12.2. The summed E-state index contributed by atoms with van der Waals surface area (Å²) in [6.45, 7) is 2.99. The molecule has 6 heteroatoms. The monoisotopic (exact) mass is 314 g/mol. The fraction of sp³-hybridized carbons (Fsp3) is 0.471. The number of rotatable bonds is 6. The lowest BCUT2D eigenvalue weighted by Gasteiger charge is -2.22. The largest absolute Gasteiger partial charge is 0.374 e. The maximum atomic E-state index is 12.2. The van der Waals surface area contributed by atoms with Gasteiger partial charge >= 0.3 is 0 Å². The van der Waals surface area contributed by atoms with Gasteiger partial charge in [-0.3, -0.25) is 9.59 Å². The molecule has 1 heterocycles. The first-order valence-electron chi connectivity index (χ1n) is 7.82. The number of benzene rings is 1. The molecule has 1 aromatic carbocycles. The molecule has 2 amide bonds. The predicted molar refractivity (Wildman–Crippen MR) is 89.0 cm³/mol. The van der Waals surface area contributed by atoms with E-state index in [-0.39, 0.29) is 17.9 Å². The van der Waals surface area contributed by atoms with Crippen LogP contribution in [-0.2, 0) is 9.59 Å². The van der Waals surface area contributed by atoms with Crippen LogP contribution in [0.2, 0.25) is 0 Å². The van der Waals surface area contributed by atoms with Gasteiger partial charge in [0.15, 0.2) is 0 Å². The summed E-state index contributed by atoms with van der Waals surface area (Å²) in [5.41, 5.74) is 1.72. The Morgan fingerprint density at radius 1 is 1.43 bits per heavy atom. The number of carbonyl (C=O) groups is 2. The van der Waals surface area contributed by atoms with Gasteiger partial charge in [0.25, 0.3) is 0 Å². The fourth-order valence-corrected chi connectivity index (χ4v) is 2.63. The summed E-state index contributed by atoms with van der Waals surface area (Å²) in [6.07, 6.45) is 1.84. The highest BCUT2D eigenvalue weighted by molar-refractivity contribution is 5.95. The Labute approximate surface area is 136 Å². The van der Waals surface area contributed by atoms with Crippen molar-refractivity contribution in [3.05, 3.63) is 24.3 Å². The number of carbonyl (C=O) groups excluding carboxylic acids is 2. The first-order chi connectivity index (χ1) is 11.0. The van der Waals surface area contributed by atoms with Crippen molar-refractivity contribution in [1.29, 1.82) is 5.26 Å². The van der Waals surface area contributed by atoms with Gasteiger partial charge in [-0.05, 0) is 37.6 Å². The topological polar surface area (TPSA) is 76.4 Å². The van der Waals surface area contributed by atoms with Crippen LogP contribution in [0, 0.1) is 11.3 Å². The Balaban J connectivity index is 1.93. The molecule has 6 nitrogen and oxygen atoms in total. The second-order valence-corrected chi connectivity index (χ2v) is 5.73. The van der Waals surface area contributed by atoms with Crippen LogP contribution in [0.1, 0.15) is 26.2 Å². The van der Waals surface area contributed by atoms with Gasteiger partial charge in [-0.2, -0.15) is 5.26 Å². The lowest BCUT2D eigenvalue weighted by Crippen LogP contribution is -2.39. The Kier molecular flexibility index (Phi) is 5.58. The summed E-state index contributed by atoms with van der Waals surface area (Å²) >= 11 is 0. The van der Waals surface area contributed by atoms with E-state index >= 15 is 0 Å². The molecule has 0 aliphatic carbocycles. The molecule has 2 rings (SSSR count). The van der Waals surface area contributed by atoms with E-state index in [4.69, 9.17) is 5.26 Å². The molecule has 1 N–H and O–H groups in total. The zero-order chi connectivity index (χ0) is 16.8. The molecule has 1 saturated heterocycles. The van der Waals surface area contributed by atoms with Crippen molar-refractivity contribution in [2.75, 3.05) is 30.4 Å². The highest BCUT2D eigenvalue weighted by Crippen LogP contribution is 2.23. The van der Waals surface area contributed by atoms with Crippen molar-refractivity contribution in [2.24, 2.45) is 0 Å². The van der Waals surface area contributed by atoms with Gasteiger partial charge in [-0.15, -0.1) is 0 Å². The third-order valence-corrected chi connectivity index (χ3v) is 3.94. The van der Waals surface area contributed by atoms with Gasteiger partial charge in [0.05, 0.1) is 12.5 Å². The number of hydrogen-bond donors (Lipinski definition) is 1. The van der Waals surface area contributed by atoms with E-state index in [0.29, 0.717) is 19.4 Å². The standard InChI is InChI=1S/C17H22N4O2/c1-13(17(23)20(2)11-4-10-18)19-14-6-8-15(9-7-14)21-12-3-5-16(21)22/h6-9,13,19H,3-5,11-12H2,1-2H3. The van der Waals surface area contributed by atoms with Crippen molar-refractivity contribution >= 4 is 23.2 Å². The normalized spacial score (nSPS) is 15.2. The number of anilines is 2. The molecule has 1 aliphatic rings. The zero-order valence-electron chi connectivity index (χ0n) is 13.6. The molecule has 0 spiro atoms. The lowest BCUT2D eigenvalue weighted by atomic mass is 10.2. The number of nitrogens with one attached hydrogen (secondary N) is 1. The summed E-state index contributed by atoms with van der Waals surface area (Å²) in [6, 6.07) is 9.19. The molecule has 1 aromatic rings. The zero-order valence-corrected chi connectivity index (χ0v) is 13.6. The minimum Gasteiger partial charge on any atom is -0.374 e. The molecule has 0 saturated carbocycles. The number of hydrogen-bond acceptors (Lipinski definition) is 4. The summed E-state index contributed by atoms with van der Waals surface area (Å²) in [7, 11) is 1.69. The minimum atomic E-state index is -0.377. The van der Waals surface area contributed by atoms with Gasteiger partial charge in [0.2, 0.25) is 11.8 Å². The summed E-state index contributed by atoms with van der Waals surface area (Å²) in [4.78, 5) is 27.2. The van der Waals surface area contributed by atoms with Gasteiger partial charge in [0, 0.05) is 37.9 Å². The second-order valence-electron chi connectivity index (χ2n) is 5.73. The van der Waals surface area contributed by atoms with Gasteiger partial charge < -0.3 is 15.1 Å². The predicted octanol–water partition coefficient (Wildman–Crippen LogP) is 1.99.